The fraction of sp³-hybridized carbons (Fsp3) is 0.480. The van der Waals surface area contributed by atoms with Gasteiger partial charge in [-0.2, -0.15) is 5.10 Å². The summed E-state index contributed by atoms with van der Waals surface area (Å²) in [7, 11) is 1.70. The number of carbonyl (C=O) groups excluding carboxylic acids is 1. The fourth-order valence-electron chi connectivity index (χ4n) is 3.30. The van der Waals surface area contributed by atoms with E-state index in [4.69, 9.17) is 25.8 Å². The zero-order chi connectivity index (χ0) is 24.6. The summed E-state index contributed by atoms with van der Waals surface area (Å²) in [6.45, 7) is 12.9. The van der Waals surface area contributed by atoms with Crippen LogP contribution >= 0.6 is 11.6 Å². The molecule has 0 unspecified atom stereocenters. The van der Waals surface area contributed by atoms with Gasteiger partial charge < -0.3 is 14.2 Å². The number of nitrogens with zero attached hydrogens (tertiary/aromatic N) is 3. The number of hydrogen-bond acceptors (Lipinski definition) is 6. The molecule has 0 bridgehead atoms. The van der Waals surface area contributed by atoms with Crippen molar-refractivity contribution in [3.8, 4) is 0 Å². The molecule has 0 fully saturated rings. The number of carbonyl (C=O) groups is 1. The summed E-state index contributed by atoms with van der Waals surface area (Å²) in [5.41, 5.74) is 5.62. The van der Waals surface area contributed by atoms with Crippen LogP contribution in [0.15, 0.2) is 29.3 Å². The highest BCUT2D eigenvalue weighted by Gasteiger charge is 2.22. The number of halogens is 1. The lowest BCUT2D eigenvalue weighted by Crippen LogP contribution is -2.14. The van der Waals surface area contributed by atoms with E-state index in [2.05, 4.69) is 43.0 Å². The van der Waals surface area contributed by atoms with Crippen LogP contribution in [-0.4, -0.2) is 48.5 Å². The molecule has 8 heteroatoms. The maximum atomic E-state index is 11.8. The van der Waals surface area contributed by atoms with E-state index in [0.29, 0.717) is 12.3 Å². The van der Waals surface area contributed by atoms with Crippen LogP contribution in [0.2, 0.25) is 0 Å². The van der Waals surface area contributed by atoms with E-state index in [9.17, 15) is 4.79 Å². The topological polar surface area (TPSA) is 74.9 Å². The normalized spacial score (nSPS) is 12.6. The third kappa shape index (κ3) is 6.84. The molecule has 0 aliphatic rings. The first kappa shape index (κ1) is 26.5. The quantitative estimate of drug-likeness (QED) is 0.152. The summed E-state index contributed by atoms with van der Waals surface area (Å²) in [4.78, 5) is 16.0. The van der Waals surface area contributed by atoms with Crippen molar-refractivity contribution in [2.45, 2.75) is 53.5 Å². The van der Waals surface area contributed by atoms with E-state index in [1.165, 1.54) is 5.56 Å². The molecule has 2 rings (SSSR count). The Labute approximate surface area is 201 Å². The molecule has 0 radical (unpaired) electrons. The second-order valence-electron chi connectivity index (χ2n) is 8.53. The number of alkyl halides is 1. The van der Waals surface area contributed by atoms with Gasteiger partial charge in [-0.3, -0.25) is 9.67 Å². The van der Waals surface area contributed by atoms with Gasteiger partial charge in [0.1, 0.15) is 12.3 Å². The summed E-state index contributed by atoms with van der Waals surface area (Å²) in [5.74, 6) is 0.714. The van der Waals surface area contributed by atoms with Crippen LogP contribution in [0.25, 0.3) is 11.3 Å². The summed E-state index contributed by atoms with van der Waals surface area (Å²) >= 11 is 5.55. The smallest absolute Gasteiger partial charge is 0.454 e. The van der Waals surface area contributed by atoms with Crippen LogP contribution in [-0.2, 0) is 26.2 Å². The lowest BCUT2D eigenvalue weighted by molar-refractivity contribution is -0.00344. The minimum atomic E-state index is -0.841. The molecule has 180 valence electrons. The molecular weight excluding hydrogens is 442 g/mol. The van der Waals surface area contributed by atoms with Gasteiger partial charge in [-0.25, -0.2) is 4.79 Å². The monoisotopic (exact) mass is 475 g/mol. The molecule has 1 heterocycles. The van der Waals surface area contributed by atoms with Gasteiger partial charge in [-0.1, -0.05) is 45.0 Å². The molecular formula is C25H34ClN3O4. The van der Waals surface area contributed by atoms with Gasteiger partial charge in [0.25, 0.3) is 0 Å². The zero-order valence-corrected chi connectivity index (χ0v) is 21.3. The van der Waals surface area contributed by atoms with Gasteiger partial charge in [-0.15, -0.1) is 11.6 Å². The Morgan fingerprint density at radius 1 is 1.15 bits per heavy atom. The van der Waals surface area contributed by atoms with E-state index in [-0.39, 0.29) is 24.7 Å². The maximum absolute atomic E-state index is 11.8. The number of ether oxygens (including phenoxy) is 3. The molecule has 0 N–H and O–H groups in total. The molecule has 1 aromatic carbocycles. The molecule has 0 atom stereocenters. The van der Waals surface area contributed by atoms with Crippen LogP contribution in [0, 0.1) is 13.8 Å². The summed E-state index contributed by atoms with van der Waals surface area (Å²) in [6.07, 6.45) is 0.904. The first-order valence-electron chi connectivity index (χ1n) is 10.9. The van der Waals surface area contributed by atoms with Crippen molar-refractivity contribution in [3.63, 3.8) is 0 Å². The summed E-state index contributed by atoms with van der Waals surface area (Å²) in [6, 6.07) is 8.30. The van der Waals surface area contributed by atoms with Crippen LogP contribution in [0.3, 0.4) is 0 Å². The fourth-order valence-corrected chi connectivity index (χ4v) is 3.38. The first-order chi connectivity index (χ1) is 15.6. The lowest BCUT2D eigenvalue weighted by Gasteiger charge is -2.20. The van der Waals surface area contributed by atoms with Crippen molar-refractivity contribution in [2.24, 2.45) is 4.99 Å². The summed E-state index contributed by atoms with van der Waals surface area (Å²) in [5, 5.41) is 4.63. The Morgan fingerprint density at radius 3 is 2.36 bits per heavy atom. The molecule has 0 saturated heterocycles. The largest absolute Gasteiger partial charge is 0.511 e. The number of allylic oxidation sites excluding steroid dienone is 1. The Balaban J connectivity index is 2.57. The Morgan fingerprint density at radius 2 is 1.82 bits per heavy atom. The second kappa shape index (κ2) is 11.9. The van der Waals surface area contributed by atoms with Gasteiger partial charge in [-0.05, 0) is 37.3 Å². The molecule has 0 aliphatic carbocycles. The predicted octanol–water partition coefficient (Wildman–Crippen LogP) is 5.75. The minimum absolute atomic E-state index is 0.0341. The van der Waals surface area contributed by atoms with Gasteiger partial charge in [0.15, 0.2) is 5.76 Å². The standard InChI is InChI=1S/C25H34ClN3O4/c1-8-29-22(17(2)18(3)28-29)23(32-16-33-24(30)31-14-13-26)21(15-27-7)19-9-11-20(12-10-19)25(4,5)6/h9-12,15H,8,13-14,16H2,1-7H3/b23-21-,27-15-. The first-order valence-corrected chi connectivity index (χ1v) is 11.5. The van der Waals surface area contributed by atoms with Gasteiger partial charge >= 0.3 is 6.16 Å². The van der Waals surface area contributed by atoms with E-state index in [1.807, 2.05) is 37.6 Å². The van der Waals surface area contributed by atoms with Crippen molar-refractivity contribution in [1.29, 1.82) is 0 Å². The highest BCUT2D eigenvalue weighted by molar-refractivity contribution is 6.18. The van der Waals surface area contributed by atoms with Crippen LogP contribution < -0.4 is 0 Å². The van der Waals surface area contributed by atoms with Crippen LogP contribution in [0.1, 0.15) is 55.8 Å². The minimum Gasteiger partial charge on any atom is -0.454 e. The number of aryl methyl sites for hydroxylation is 2. The number of aromatic nitrogens is 2. The van der Waals surface area contributed by atoms with Crippen molar-refractivity contribution in [3.05, 3.63) is 52.3 Å². The van der Waals surface area contributed by atoms with E-state index >= 15 is 0 Å². The van der Waals surface area contributed by atoms with Gasteiger partial charge in [0.2, 0.25) is 6.79 Å². The van der Waals surface area contributed by atoms with Crippen molar-refractivity contribution in [1.82, 2.24) is 9.78 Å². The molecule has 1 aromatic heterocycles. The highest BCUT2D eigenvalue weighted by atomic mass is 35.5. The number of hydrogen-bond donors (Lipinski definition) is 0. The third-order valence-electron chi connectivity index (χ3n) is 5.18. The molecule has 2 aromatic rings. The molecule has 7 nitrogen and oxygen atoms in total. The maximum Gasteiger partial charge on any atom is 0.511 e. The lowest BCUT2D eigenvalue weighted by atomic mass is 9.86. The Kier molecular flexibility index (Phi) is 9.53. The van der Waals surface area contributed by atoms with Crippen molar-refractivity contribution < 1.29 is 19.0 Å². The highest BCUT2D eigenvalue weighted by Crippen LogP contribution is 2.31. The van der Waals surface area contributed by atoms with E-state index in [0.717, 1.165) is 28.1 Å². The molecule has 33 heavy (non-hydrogen) atoms. The van der Waals surface area contributed by atoms with E-state index in [1.54, 1.807) is 13.3 Å². The average Bonchev–Trinajstić information content (AvgIpc) is 3.07. The third-order valence-corrected chi connectivity index (χ3v) is 5.34. The number of aliphatic imine (C=N–C) groups is 1. The molecule has 0 amide bonds. The van der Waals surface area contributed by atoms with Crippen LogP contribution in [0.5, 0.6) is 0 Å². The molecule has 0 saturated carbocycles. The SMILES string of the molecule is CCn1nc(C)c(C)c1/C(OCOC(=O)OCCCl)=C(\C=N/C)c1ccc(C(C)(C)C)cc1. The second-order valence-corrected chi connectivity index (χ2v) is 8.90. The predicted molar refractivity (Wildman–Crippen MR) is 133 cm³/mol. The number of benzene rings is 1. The van der Waals surface area contributed by atoms with Gasteiger partial charge in [0, 0.05) is 30.9 Å². The Bertz CT molecular complexity index is 1000. The van der Waals surface area contributed by atoms with E-state index < -0.39 is 6.16 Å². The molecule has 0 spiro atoms. The van der Waals surface area contributed by atoms with Crippen molar-refractivity contribution >= 4 is 35.3 Å². The Hall–Kier alpha value is -2.80. The average molecular weight is 476 g/mol. The van der Waals surface area contributed by atoms with Gasteiger partial charge in [0.05, 0.1) is 11.6 Å². The number of rotatable bonds is 9. The molecule has 0 aliphatic heterocycles. The van der Waals surface area contributed by atoms with Crippen molar-refractivity contribution in [2.75, 3.05) is 26.3 Å². The zero-order valence-electron chi connectivity index (χ0n) is 20.6. The summed E-state index contributed by atoms with van der Waals surface area (Å²) < 4.78 is 17.9. The van der Waals surface area contributed by atoms with Crippen LogP contribution in [0.4, 0.5) is 4.79 Å².